The van der Waals surface area contributed by atoms with Gasteiger partial charge in [0.05, 0.1) is 12.4 Å². The van der Waals surface area contributed by atoms with Crippen LogP contribution in [0.4, 0.5) is 0 Å². The summed E-state index contributed by atoms with van der Waals surface area (Å²) < 4.78 is 5.47. The first-order chi connectivity index (χ1) is 10.2. The van der Waals surface area contributed by atoms with Crippen molar-refractivity contribution >= 4 is 17.7 Å². The molecule has 0 aliphatic carbocycles. The molecule has 1 aromatic rings. The van der Waals surface area contributed by atoms with E-state index < -0.39 is 0 Å². The molecule has 4 nitrogen and oxygen atoms in total. The SMILES string of the molecule is CCC1SC(c2ccccc2OC)N(CCCNC)C1=O. The minimum atomic E-state index is 0.0643. The van der Waals surface area contributed by atoms with Crippen molar-refractivity contribution in [2.24, 2.45) is 0 Å². The molecular weight excluding hydrogens is 284 g/mol. The first-order valence-electron chi connectivity index (χ1n) is 7.46. The first kappa shape index (κ1) is 16.2. The number of rotatable bonds is 7. The molecule has 1 heterocycles. The molecule has 21 heavy (non-hydrogen) atoms. The van der Waals surface area contributed by atoms with Crippen LogP contribution < -0.4 is 10.1 Å². The highest BCUT2D eigenvalue weighted by Gasteiger charge is 2.40. The second-order valence-corrected chi connectivity index (χ2v) is 6.40. The fourth-order valence-corrected chi connectivity index (χ4v) is 4.08. The molecule has 1 saturated heterocycles. The van der Waals surface area contributed by atoms with Crippen LogP contribution in [0.2, 0.25) is 0 Å². The van der Waals surface area contributed by atoms with Gasteiger partial charge in [-0.3, -0.25) is 4.79 Å². The van der Waals surface area contributed by atoms with E-state index in [0.29, 0.717) is 0 Å². The van der Waals surface area contributed by atoms with E-state index in [1.54, 1.807) is 18.9 Å². The number of hydrogen-bond acceptors (Lipinski definition) is 4. The van der Waals surface area contributed by atoms with Gasteiger partial charge in [-0.05, 0) is 32.5 Å². The molecule has 5 heteroatoms. The van der Waals surface area contributed by atoms with Crippen molar-refractivity contribution in [2.75, 3.05) is 27.2 Å². The van der Waals surface area contributed by atoms with Crippen LogP contribution in [0.3, 0.4) is 0 Å². The van der Waals surface area contributed by atoms with Crippen molar-refractivity contribution in [1.82, 2.24) is 10.2 Å². The van der Waals surface area contributed by atoms with Crippen LogP contribution in [0.25, 0.3) is 0 Å². The number of methoxy groups -OCH3 is 1. The van der Waals surface area contributed by atoms with E-state index in [9.17, 15) is 4.79 Å². The number of carbonyl (C=O) groups is 1. The van der Waals surface area contributed by atoms with Crippen LogP contribution in [0.1, 0.15) is 30.7 Å². The summed E-state index contributed by atoms with van der Waals surface area (Å²) >= 11 is 1.74. The van der Waals surface area contributed by atoms with E-state index in [-0.39, 0.29) is 16.5 Å². The Bertz CT molecular complexity index is 481. The van der Waals surface area contributed by atoms with Gasteiger partial charge in [0, 0.05) is 12.1 Å². The number of carbonyl (C=O) groups excluding carboxylic acids is 1. The molecule has 0 radical (unpaired) electrons. The van der Waals surface area contributed by atoms with Gasteiger partial charge in [-0.1, -0.05) is 25.1 Å². The molecule has 1 amide bonds. The molecule has 0 spiro atoms. The Kier molecular flexibility index (Phi) is 5.94. The Morgan fingerprint density at radius 2 is 2.14 bits per heavy atom. The zero-order valence-electron chi connectivity index (χ0n) is 13.0. The lowest BCUT2D eigenvalue weighted by molar-refractivity contribution is -0.130. The monoisotopic (exact) mass is 308 g/mol. The Morgan fingerprint density at radius 1 is 1.38 bits per heavy atom. The summed E-state index contributed by atoms with van der Waals surface area (Å²) in [7, 11) is 3.62. The predicted octanol–water partition coefficient (Wildman–Crippen LogP) is 2.66. The van der Waals surface area contributed by atoms with Crippen LogP contribution in [0.15, 0.2) is 24.3 Å². The van der Waals surface area contributed by atoms with Crippen molar-refractivity contribution in [3.63, 3.8) is 0 Å². The summed E-state index contributed by atoms with van der Waals surface area (Å²) in [5.74, 6) is 1.12. The largest absolute Gasteiger partial charge is 0.496 e. The molecule has 1 aliphatic heterocycles. The summed E-state index contributed by atoms with van der Waals surface area (Å²) in [5, 5.41) is 3.27. The summed E-state index contributed by atoms with van der Waals surface area (Å²) in [5.41, 5.74) is 1.10. The number of thioether (sulfide) groups is 1. The number of para-hydroxylation sites is 1. The maximum atomic E-state index is 12.6. The molecule has 1 aromatic carbocycles. The molecule has 2 atom stereocenters. The Balaban J connectivity index is 2.23. The Hall–Kier alpha value is -1.20. The summed E-state index contributed by atoms with van der Waals surface area (Å²) in [6, 6.07) is 8.00. The van der Waals surface area contributed by atoms with Crippen molar-refractivity contribution in [2.45, 2.75) is 30.4 Å². The molecular formula is C16H24N2O2S. The average molecular weight is 308 g/mol. The second-order valence-electron chi connectivity index (χ2n) is 5.12. The number of hydrogen-bond donors (Lipinski definition) is 1. The lowest BCUT2D eigenvalue weighted by atomic mass is 10.1. The molecule has 1 fully saturated rings. The Morgan fingerprint density at radius 3 is 2.81 bits per heavy atom. The third-order valence-corrected chi connectivity index (χ3v) is 5.37. The van der Waals surface area contributed by atoms with E-state index in [1.165, 1.54) is 0 Å². The third-order valence-electron chi connectivity index (χ3n) is 3.74. The first-order valence-corrected chi connectivity index (χ1v) is 8.40. The van der Waals surface area contributed by atoms with Crippen molar-refractivity contribution < 1.29 is 9.53 Å². The number of benzene rings is 1. The topological polar surface area (TPSA) is 41.6 Å². The van der Waals surface area contributed by atoms with Crippen LogP contribution in [-0.2, 0) is 4.79 Å². The molecule has 0 saturated carbocycles. The van der Waals surface area contributed by atoms with E-state index in [1.807, 2.05) is 30.1 Å². The number of nitrogens with zero attached hydrogens (tertiary/aromatic N) is 1. The van der Waals surface area contributed by atoms with Crippen LogP contribution in [-0.4, -0.2) is 43.3 Å². The fourth-order valence-electron chi connectivity index (χ4n) is 2.62. The molecule has 2 rings (SSSR count). The standard InChI is InChI=1S/C16H24N2O2S/c1-4-14-15(19)18(11-7-10-17-2)16(21-14)12-8-5-6-9-13(12)20-3/h5-6,8-9,14,16-17H,4,7,10-11H2,1-3H3. The molecule has 0 bridgehead atoms. The minimum Gasteiger partial charge on any atom is -0.496 e. The second kappa shape index (κ2) is 7.71. The van der Waals surface area contributed by atoms with Crippen LogP contribution >= 0.6 is 11.8 Å². The van der Waals surface area contributed by atoms with Gasteiger partial charge in [0.2, 0.25) is 5.91 Å². The summed E-state index contributed by atoms with van der Waals surface area (Å²) in [4.78, 5) is 14.6. The number of amides is 1. The maximum absolute atomic E-state index is 12.6. The quantitative estimate of drug-likeness (QED) is 0.786. The van der Waals surface area contributed by atoms with Gasteiger partial charge in [-0.15, -0.1) is 11.8 Å². The van der Waals surface area contributed by atoms with Gasteiger partial charge in [0.15, 0.2) is 0 Å². The molecule has 0 aromatic heterocycles. The minimum absolute atomic E-state index is 0.0643. The highest BCUT2D eigenvalue weighted by Crippen LogP contribution is 2.46. The van der Waals surface area contributed by atoms with Crippen molar-refractivity contribution in [3.8, 4) is 5.75 Å². The van der Waals surface area contributed by atoms with Crippen molar-refractivity contribution in [1.29, 1.82) is 0 Å². The smallest absolute Gasteiger partial charge is 0.236 e. The van der Waals surface area contributed by atoms with Crippen molar-refractivity contribution in [3.05, 3.63) is 29.8 Å². The third kappa shape index (κ3) is 3.52. The van der Waals surface area contributed by atoms with Crippen LogP contribution in [0, 0.1) is 0 Å². The van der Waals surface area contributed by atoms with E-state index in [0.717, 1.165) is 37.2 Å². The number of nitrogens with one attached hydrogen (secondary N) is 1. The lowest BCUT2D eigenvalue weighted by Crippen LogP contribution is -2.33. The lowest BCUT2D eigenvalue weighted by Gasteiger charge is -2.25. The predicted molar refractivity (Wildman–Crippen MR) is 87.7 cm³/mol. The molecule has 2 unspecified atom stereocenters. The molecule has 1 aliphatic rings. The number of ether oxygens (including phenoxy) is 1. The normalized spacial score (nSPS) is 21.9. The van der Waals surface area contributed by atoms with Gasteiger partial charge in [0.25, 0.3) is 0 Å². The zero-order chi connectivity index (χ0) is 15.2. The highest BCUT2D eigenvalue weighted by molar-refractivity contribution is 8.01. The average Bonchev–Trinajstić information content (AvgIpc) is 2.84. The van der Waals surface area contributed by atoms with E-state index >= 15 is 0 Å². The summed E-state index contributed by atoms with van der Waals surface area (Å²) in [6.45, 7) is 3.78. The highest BCUT2D eigenvalue weighted by atomic mass is 32.2. The van der Waals surface area contributed by atoms with E-state index in [4.69, 9.17) is 4.74 Å². The van der Waals surface area contributed by atoms with Gasteiger partial charge < -0.3 is 15.0 Å². The van der Waals surface area contributed by atoms with Gasteiger partial charge in [0.1, 0.15) is 11.1 Å². The van der Waals surface area contributed by atoms with Gasteiger partial charge >= 0.3 is 0 Å². The molecule has 1 N–H and O–H groups in total. The van der Waals surface area contributed by atoms with Crippen LogP contribution in [0.5, 0.6) is 5.75 Å². The zero-order valence-corrected chi connectivity index (χ0v) is 13.8. The molecule has 116 valence electrons. The fraction of sp³-hybridized carbons (Fsp3) is 0.562. The Labute approximate surface area is 131 Å². The van der Waals surface area contributed by atoms with E-state index in [2.05, 4.69) is 18.3 Å². The maximum Gasteiger partial charge on any atom is 0.236 e. The summed E-state index contributed by atoms with van der Waals surface area (Å²) in [6.07, 6.45) is 1.84. The van der Waals surface area contributed by atoms with Gasteiger partial charge in [-0.2, -0.15) is 0 Å². The van der Waals surface area contributed by atoms with Gasteiger partial charge in [-0.25, -0.2) is 0 Å².